The van der Waals surface area contributed by atoms with Crippen LogP contribution >= 0.6 is 23.2 Å². The predicted molar refractivity (Wildman–Crippen MR) is 161 cm³/mol. The van der Waals surface area contributed by atoms with Gasteiger partial charge in [-0.1, -0.05) is 72.6 Å². The molecule has 1 atom stereocenters. The Morgan fingerprint density at radius 3 is 2.15 bits per heavy atom. The Bertz CT molecular complexity index is 1460. The number of nitrogens with zero attached hydrogens (tertiary/aromatic N) is 2. The van der Waals surface area contributed by atoms with Crippen molar-refractivity contribution in [3.8, 4) is 0 Å². The van der Waals surface area contributed by atoms with Gasteiger partial charge >= 0.3 is 0 Å². The van der Waals surface area contributed by atoms with Crippen LogP contribution < -0.4 is 9.62 Å². The van der Waals surface area contributed by atoms with Gasteiger partial charge in [0.05, 0.1) is 15.6 Å². The van der Waals surface area contributed by atoms with Crippen molar-refractivity contribution in [3.63, 3.8) is 0 Å². The molecule has 3 aromatic carbocycles. The molecule has 0 saturated heterocycles. The Morgan fingerprint density at radius 1 is 0.950 bits per heavy atom. The summed E-state index contributed by atoms with van der Waals surface area (Å²) in [5.74, 6) is -0.872. The first kappa shape index (κ1) is 31.5. The fourth-order valence-corrected chi connectivity index (χ4v) is 6.27. The number of hydrogen-bond donors (Lipinski definition) is 1. The van der Waals surface area contributed by atoms with Crippen LogP contribution in [0, 0.1) is 6.92 Å². The van der Waals surface area contributed by atoms with E-state index >= 15 is 0 Å². The highest BCUT2D eigenvalue weighted by Crippen LogP contribution is 2.33. The summed E-state index contributed by atoms with van der Waals surface area (Å²) >= 11 is 12.6. The van der Waals surface area contributed by atoms with Crippen LogP contribution in [-0.4, -0.2) is 43.3 Å². The summed E-state index contributed by atoms with van der Waals surface area (Å²) in [7, 11) is -4.22. The number of rotatable bonds is 10. The molecule has 0 aliphatic heterocycles. The normalized spacial score (nSPS) is 12.5. The van der Waals surface area contributed by atoms with E-state index in [1.165, 1.54) is 35.2 Å². The molecule has 7 nitrogen and oxygen atoms in total. The highest BCUT2D eigenvalue weighted by Gasteiger charge is 2.35. The predicted octanol–water partition coefficient (Wildman–Crippen LogP) is 6.22. The molecule has 3 aromatic rings. The average molecular weight is 605 g/mol. The number of carbonyl (C=O) groups is 2. The first-order chi connectivity index (χ1) is 18.7. The molecule has 0 aliphatic carbocycles. The van der Waals surface area contributed by atoms with Gasteiger partial charge in [0.15, 0.2) is 0 Å². The minimum atomic E-state index is -4.22. The number of anilines is 1. The molecule has 2 amide bonds. The van der Waals surface area contributed by atoms with Gasteiger partial charge < -0.3 is 10.2 Å². The summed E-state index contributed by atoms with van der Waals surface area (Å²) in [5.41, 5.74) is 1.37. The summed E-state index contributed by atoms with van der Waals surface area (Å²) in [4.78, 5) is 29.0. The van der Waals surface area contributed by atoms with Crippen molar-refractivity contribution in [2.45, 2.75) is 64.1 Å². The second kappa shape index (κ2) is 13.1. The van der Waals surface area contributed by atoms with Gasteiger partial charge in [-0.05, 0) is 75.6 Å². The quantitative estimate of drug-likeness (QED) is 0.298. The van der Waals surface area contributed by atoms with E-state index in [9.17, 15) is 18.0 Å². The zero-order valence-corrected chi connectivity index (χ0v) is 25.6. The molecule has 1 N–H and O–H groups in total. The number of sulfonamides is 1. The molecule has 0 aromatic heterocycles. The second-order valence-corrected chi connectivity index (χ2v) is 13.2. The monoisotopic (exact) mass is 603 g/mol. The third-order valence-corrected chi connectivity index (χ3v) is 8.59. The third-order valence-electron chi connectivity index (χ3n) is 6.27. The fraction of sp³-hybridized carbons (Fsp3) is 0.333. The van der Waals surface area contributed by atoms with E-state index in [0.29, 0.717) is 11.4 Å². The molecule has 0 aliphatic rings. The van der Waals surface area contributed by atoms with Crippen molar-refractivity contribution in [1.29, 1.82) is 0 Å². The Hall–Kier alpha value is -3.07. The van der Waals surface area contributed by atoms with E-state index in [-0.39, 0.29) is 28.1 Å². The lowest BCUT2D eigenvalue weighted by atomic mass is 10.0. The molecule has 3 rings (SSSR count). The van der Waals surface area contributed by atoms with Crippen LogP contribution in [0.2, 0.25) is 10.0 Å². The zero-order chi connectivity index (χ0) is 29.7. The van der Waals surface area contributed by atoms with Crippen molar-refractivity contribution >= 4 is 50.7 Å². The lowest BCUT2D eigenvalue weighted by molar-refractivity contribution is -0.141. The van der Waals surface area contributed by atoms with E-state index in [0.717, 1.165) is 15.4 Å². The van der Waals surface area contributed by atoms with Gasteiger partial charge in [-0.2, -0.15) is 0 Å². The van der Waals surface area contributed by atoms with Crippen LogP contribution in [-0.2, 0) is 26.2 Å². The van der Waals surface area contributed by atoms with Crippen molar-refractivity contribution in [1.82, 2.24) is 10.2 Å². The highest BCUT2D eigenvalue weighted by molar-refractivity contribution is 7.92. The maximum atomic E-state index is 14.1. The van der Waals surface area contributed by atoms with Gasteiger partial charge in [0.25, 0.3) is 10.0 Å². The van der Waals surface area contributed by atoms with Gasteiger partial charge in [0.2, 0.25) is 11.8 Å². The number of benzene rings is 3. The van der Waals surface area contributed by atoms with Gasteiger partial charge in [-0.15, -0.1) is 0 Å². The summed E-state index contributed by atoms with van der Waals surface area (Å²) in [5, 5.41) is 3.36. The minimum absolute atomic E-state index is 0.00297. The molecular weight excluding hydrogens is 569 g/mol. The molecular formula is C30H35Cl2N3O4S. The molecule has 0 fully saturated rings. The highest BCUT2D eigenvalue weighted by atomic mass is 35.5. The molecule has 0 bridgehead atoms. The second-order valence-electron chi connectivity index (χ2n) is 10.5. The lowest BCUT2D eigenvalue weighted by Crippen LogP contribution is -2.55. The van der Waals surface area contributed by atoms with Crippen molar-refractivity contribution in [2.75, 3.05) is 10.8 Å². The van der Waals surface area contributed by atoms with E-state index in [4.69, 9.17) is 23.2 Å². The number of nitrogens with one attached hydrogen (secondary N) is 1. The lowest BCUT2D eigenvalue weighted by Gasteiger charge is -2.35. The van der Waals surface area contributed by atoms with Crippen LogP contribution in [0.15, 0.2) is 77.7 Å². The summed E-state index contributed by atoms with van der Waals surface area (Å²) in [6.07, 6.45) is 0.326. The van der Waals surface area contributed by atoms with Crippen LogP contribution in [0.25, 0.3) is 0 Å². The van der Waals surface area contributed by atoms with Gasteiger partial charge in [0, 0.05) is 17.1 Å². The average Bonchev–Trinajstić information content (AvgIpc) is 2.88. The third kappa shape index (κ3) is 7.77. The SMILES string of the molecule is CC[C@@H](C(=O)NC(C)(C)C)N(Cc1ccccc1C)C(=O)CN(c1ccc(Cl)cc1Cl)S(=O)(=O)c1ccccc1. The molecule has 40 heavy (non-hydrogen) atoms. The standard InChI is InChI=1S/C30H35Cl2N3O4S/c1-6-26(29(37)33-30(3,4)5)34(19-22-13-11-10-12-21(22)2)28(36)20-35(27-17-16-23(31)18-25(27)32)40(38,39)24-14-8-7-9-15-24/h7-18,26H,6,19-20H2,1-5H3,(H,33,37)/t26-/m0/s1. The number of halogens is 2. The molecule has 10 heteroatoms. The number of carbonyl (C=O) groups excluding carboxylic acids is 2. The van der Waals surface area contributed by atoms with Crippen LogP contribution in [0.1, 0.15) is 45.2 Å². The van der Waals surface area contributed by atoms with Crippen LogP contribution in [0.5, 0.6) is 0 Å². The molecule has 0 spiro atoms. The van der Waals surface area contributed by atoms with E-state index in [2.05, 4.69) is 5.32 Å². The smallest absolute Gasteiger partial charge is 0.264 e. The number of aryl methyl sites for hydroxylation is 1. The Morgan fingerprint density at radius 2 is 1.57 bits per heavy atom. The van der Waals surface area contributed by atoms with Gasteiger partial charge in [0.1, 0.15) is 12.6 Å². The van der Waals surface area contributed by atoms with Crippen molar-refractivity contribution in [3.05, 3.63) is 94.0 Å². The Balaban J connectivity index is 2.11. The first-order valence-corrected chi connectivity index (χ1v) is 15.1. The minimum Gasteiger partial charge on any atom is -0.350 e. The van der Waals surface area contributed by atoms with E-state index in [1.807, 2.05) is 58.9 Å². The molecule has 0 saturated carbocycles. The molecule has 214 valence electrons. The molecule has 0 radical (unpaired) electrons. The van der Waals surface area contributed by atoms with E-state index in [1.54, 1.807) is 18.2 Å². The Kier molecular flexibility index (Phi) is 10.3. The Labute approximate surface area is 247 Å². The maximum absolute atomic E-state index is 14.1. The molecule has 0 unspecified atom stereocenters. The summed E-state index contributed by atoms with van der Waals surface area (Å²) in [6, 6.07) is 18.9. The number of hydrogen-bond acceptors (Lipinski definition) is 4. The van der Waals surface area contributed by atoms with E-state index < -0.39 is 34.1 Å². The van der Waals surface area contributed by atoms with Gasteiger partial charge in [-0.3, -0.25) is 13.9 Å². The molecule has 0 heterocycles. The summed E-state index contributed by atoms with van der Waals surface area (Å²) in [6.45, 7) is 8.87. The first-order valence-electron chi connectivity index (χ1n) is 12.9. The summed E-state index contributed by atoms with van der Waals surface area (Å²) < 4.78 is 28.7. The zero-order valence-electron chi connectivity index (χ0n) is 23.3. The largest absolute Gasteiger partial charge is 0.350 e. The maximum Gasteiger partial charge on any atom is 0.264 e. The van der Waals surface area contributed by atoms with Crippen molar-refractivity contribution < 1.29 is 18.0 Å². The van der Waals surface area contributed by atoms with Crippen LogP contribution in [0.3, 0.4) is 0 Å². The van der Waals surface area contributed by atoms with Crippen molar-refractivity contribution in [2.24, 2.45) is 0 Å². The fourth-order valence-electron chi connectivity index (χ4n) is 4.26. The topological polar surface area (TPSA) is 86.8 Å². The van der Waals surface area contributed by atoms with Gasteiger partial charge in [-0.25, -0.2) is 8.42 Å². The number of amides is 2. The van der Waals surface area contributed by atoms with Crippen LogP contribution in [0.4, 0.5) is 5.69 Å².